The second-order valence-corrected chi connectivity index (χ2v) is 9.06. The Balaban J connectivity index is 1.51. The lowest BCUT2D eigenvalue weighted by atomic mass is 10.1. The second kappa shape index (κ2) is 9.43. The summed E-state index contributed by atoms with van der Waals surface area (Å²) in [6.07, 6.45) is 8.20. The third-order valence-corrected chi connectivity index (χ3v) is 7.01. The first-order valence-corrected chi connectivity index (χ1v) is 12.0. The number of hydrogen-bond donors (Lipinski definition) is 0. The van der Waals surface area contributed by atoms with Crippen molar-refractivity contribution < 1.29 is 9.30 Å². The number of rotatable bonds is 7. The summed E-state index contributed by atoms with van der Waals surface area (Å²) < 4.78 is 9.96. The molecule has 5 rings (SSSR count). The van der Waals surface area contributed by atoms with E-state index in [1.165, 1.54) is 37.0 Å². The molecule has 0 fully saturated rings. The molecule has 0 saturated carbocycles. The molecule has 33 heavy (non-hydrogen) atoms. The largest absolute Gasteiger partial charge is 0.486 e. The van der Waals surface area contributed by atoms with Crippen LogP contribution in [-0.2, 0) is 6.54 Å². The van der Waals surface area contributed by atoms with Gasteiger partial charge in [0.1, 0.15) is 17.1 Å². The van der Waals surface area contributed by atoms with E-state index in [0.717, 1.165) is 17.7 Å². The minimum absolute atomic E-state index is 0.597. The zero-order valence-electron chi connectivity index (χ0n) is 18.7. The fourth-order valence-corrected chi connectivity index (χ4v) is 5.42. The van der Waals surface area contributed by atoms with E-state index in [0.29, 0.717) is 6.61 Å². The van der Waals surface area contributed by atoms with Gasteiger partial charge in [0.2, 0.25) is 5.52 Å². The van der Waals surface area contributed by atoms with Crippen LogP contribution in [0.1, 0.15) is 11.9 Å². The van der Waals surface area contributed by atoms with Gasteiger partial charge in [0, 0.05) is 22.9 Å². The second-order valence-electron chi connectivity index (χ2n) is 8.03. The van der Waals surface area contributed by atoms with Gasteiger partial charge in [0.25, 0.3) is 5.01 Å². The molecule has 0 aliphatic rings. The Morgan fingerprint density at radius 2 is 1.64 bits per heavy atom. The van der Waals surface area contributed by atoms with Gasteiger partial charge < -0.3 is 4.74 Å². The first-order chi connectivity index (χ1) is 16.2. The molecule has 0 bridgehead atoms. The average Bonchev–Trinajstić information content (AvgIpc) is 3.21. The lowest BCUT2D eigenvalue weighted by molar-refractivity contribution is -0.669. The summed E-state index contributed by atoms with van der Waals surface area (Å²) in [5, 5.41) is 6.12. The Kier molecular flexibility index (Phi) is 6.05. The number of hydrogen-bond acceptors (Lipinski definition) is 2. The molecule has 0 atom stereocenters. The van der Waals surface area contributed by atoms with Crippen molar-refractivity contribution in [2.24, 2.45) is 0 Å². The maximum atomic E-state index is 6.28. The molecule has 0 N–H and O–H groups in total. The highest BCUT2D eigenvalue weighted by molar-refractivity contribution is 7.19. The summed E-state index contributed by atoms with van der Waals surface area (Å²) in [4.78, 5) is 0. The summed E-state index contributed by atoms with van der Waals surface area (Å²) in [5.74, 6) is 0.931. The summed E-state index contributed by atoms with van der Waals surface area (Å²) >= 11 is 1.83. The number of fused-ring (bicyclic) bond motifs is 4. The van der Waals surface area contributed by atoms with Gasteiger partial charge in [-0.25, -0.2) is 0 Å². The topological polar surface area (TPSA) is 13.1 Å². The number of thiazole rings is 1. The van der Waals surface area contributed by atoms with Crippen LogP contribution in [0, 0.1) is 0 Å². The number of allylic oxidation sites excluding steroid dienone is 4. The molecular weight excluding hydrogens is 422 g/mol. The Hall–Kier alpha value is -3.69. The number of aromatic nitrogens is 1. The monoisotopic (exact) mass is 448 g/mol. The molecule has 5 aromatic rings. The van der Waals surface area contributed by atoms with E-state index in [9.17, 15) is 0 Å². The molecule has 2 nitrogen and oxygen atoms in total. The molecule has 1 heterocycles. The van der Waals surface area contributed by atoms with Gasteiger partial charge in [0.05, 0.1) is 0 Å². The van der Waals surface area contributed by atoms with Crippen molar-refractivity contribution in [3.05, 3.63) is 114 Å². The summed E-state index contributed by atoms with van der Waals surface area (Å²) in [6.45, 7) is 7.26. The highest BCUT2D eigenvalue weighted by atomic mass is 32.1. The van der Waals surface area contributed by atoms with Gasteiger partial charge >= 0.3 is 0 Å². The normalized spacial score (nSPS) is 12.2. The van der Waals surface area contributed by atoms with Crippen LogP contribution in [0.3, 0.4) is 0 Å². The lowest BCUT2D eigenvalue weighted by Gasteiger charge is -2.08. The number of benzene rings is 4. The molecular formula is C30H26NOS+. The highest BCUT2D eigenvalue weighted by Crippen LogP contribution is 2.30. The van der Waals surface area contributed by atoms with Crippen molar-refractivity contribution in [2.75, 3.05) is 6.61 Å². The molecule has 0 unspecified atom stereocenters. The van der Waals surface area contributed by atoms with Crippen molar-refractivity contribution in [2.45, 2.75) is 13.5 Å². The van der Waals surface area contributed by atoms with E-state index < -0.39 is 0 Å². The minimum Gasteiger partial charge on any atom is -0.486 e. The van der Waals surface area contributed by atoms with Crippen LogP contribution in [0.25, 0.3) is 37.8 Å². The standard InChI is InChI=1S/C30H26NOS/c1-3-9-22(2)16-19-29-31(27-18-17-24-11-5-7-14-26(24)30(27)33-29)20-21-32-28-15-8-12-23-10-4-6-13-25(23)28/h3-19H,1,20-21H2,2H3/q+1. The quantitative estimate of drug-likeness (QED) is 0.183. The molecule has 0 radical (unpaired) electrons. The predicted octanol–water partition coefficient (Wildman–Crippen LogP) is 7.72. The Morgan fingerprint density at radius 3 is 2.45 bits per heavy atom. The third kappa shape index (κ3) is 4.33. The predicted molar refractivity (Wildman–Crippen MR) is 142 cm³/mol. The van der Waals surface area contributed by atoms with Crippen LogP contribution >= 0.6 is 11.3 Å². The van der Waals surface area contributed by atoms with Crippen molar-refractivity contribution in [1.29, 1.82) is 0 Å². The van der Waals surface area contributed by atoms with E-state index in [1.54, 1.807) is 0 Å². The van der Waals surface area contributed by atoms with E-state index in [-0.39, 0.29) is 0 Å². The molecule has 0 amide bonds. The number of nitrogens with zero attached hydrogens (tertiary/aromatic N) is 1. The third-order valence-electron chi connectivity index (χ3n) is 5.81. The summed E-state index contributed by atoms with van der Waals surface area (Å²) in [7, 11) is 0. The fraction of sp³-hybridized carbons (Fsp3) is 0.100. The molecule has 3 heteroatoms. The van der Waals surface area contributed by atoms with E-state index >= 15 is 0 Å². The van der Waals surface area contributed by atoms with Gasteiger partial charge in [-0.05, 0) is 29.8 Å². The first-order valence-electron chi connectivity index (χ1n) is 11.2. The van der Waals surface area contributed by atoms with Crippen molar-refractivity contribution in [1.82, 2.24) is 0 Å². The smallest absolute Gasteiger partial charge is 0.262 e. The van der Waals surface area contributed by atoms with Crippen LogP contribution in [0.2, 0.25) is 0 Å². The van der Waals surface area contributed by atoms with Gasteiger partial charge in [0.15, 0.2) is 6.54 Å². The summed E-state index contributed by atoms with van der Waals surface area (Å²) in [6, 6.07) is 27.6. The minimum atomic E-state index is 0.597. The van der Waals surface area contributed by atoms with E-state index in [1.807, 2.05) is 23.5 Å². The Labute approximate surface area is 198 Å². The van der Waals surface area contributed by atoms with Crippen LogP contribution in [0.5, 0.6) is 5.75 Å². The van der Waals surface area contributed by atoms with Gasteiger partial charge in [-0.2, -0.15) is 4.57 Å². The van der Waals surface area contributed by atoms with Gasteiger partial charge in [-0.1, -0.05) is 102 Å². The zero-order chi connectivity index (χ0) is 22.6. The van der Waals surface area contributed by atoms with Crippen molar-refractivity contribution >= 4 is 49.2 Å². The molecule has 1 aromatic heterocycles. The van der Waals surface area contributed by atoms with Gasteiger partial charge in [-0.15, -0.1) is 0 Å². The molecule has 0 aliphatic carbocycles. The SMILES string of the molecule is C=CC=C(C)C=Cc1sc2c3ccccc3ccc2[n+]1CCOc1cccc2ccccc12. The van der Waals surface area contributed by atoms with Crippen LogP contribution < -0.4 is 9.30 Å². The molecule has 0 spiro atoms. The Morgan fingerprint density at radius 1 is 0.909 bits per heavy atom. The molecule has 162 valence electrons. The van der Waals surface area contributed by atoms with E-state index in [4.69, 9.17) is 4.74 Å². The van der Waals surface area contributed by atoms with Crippen molar-refractivity contribution in [3.8, 4) is 5.75 Å². The Bertz CT molecular complexity index is 1520. The average molecular weight is 449 g/mol. The molecule has 0 saturated heterocycles. The highest BCUT2D eigenvalue weighted by Gasteiger charge is 2.20. The van der Waals surface area contributed by atoms with Gasteiger partial charge in [-0.3, -0.25) is 0 Å². The van der Waals surface area contributed by atoms with Crippen molar-refractivity contribution in [3.63, 3.8) is 0 Å². The summed E-state index contributed by atoms with van der Waals surface area (Å²) in [5.41, 5.74) is 2.41. The fourth-order valence-electron chi connectivity index (χ4n) is 4.20. The zero-order valence-corrected chi connectivity index (χ0v) is 19.5. The first kappa shape index (κ1) is 21.2. The van der Waals surface area contributed by atoms with Crippen LogP contribution in [0.4, 0.5) is 0 Å². The maximum Gasteiger partial charge on any atom is 0.262 e. The maximum absolute atomic E-state index is 6.28. The van der Waals surface area contributed by atoms with E-state index in [2.05, 4.69) is 109 Å². The van der Waals surface area contributed by atoms with Crippen LogP contribution in [0.15, 0.2) is 109 Å². The molecule has 0 aliphatic heterocycles. The number of ether oxygens (including phenoxy) is 1. The van der Waals surface area contributed by atoms with Crippen LogP contribution in [-0.4, -0.2) is 6.61 Å². The molecule has 4 aromatic carbocycles. The lowest BCUT2D eigenvalue weighted by Crippen LogP contribution is -2.38.